The highest BCUT2D eigenvalue weighted by Crippen LogP contribution is 2.22. The molecule has 0 spiro atoms. The standard InChI is InChI=1S/C21H23N3O3/c25-20-21(26)24(12-16-9-5-2-6-10-16)18-14-27-13-17(19(18)23-20)22-11-15-7-3-1-4-8-15/h1-10,17-19,22H,11-14H2,(H,23,25)/t17-,18+,19+/m0/s1. The second kappa shape index (κ2) is 7.90. The second-order valence-electron chi connectivity index (χ2n) is 7.00. The Kier molecular flexibility index (Phi) is 5.18. The van der Waals surface area contributed by atoms with E-state index >= 15 is 0 Å². The molecule has 0 radical (unpaired) electrons. The molecule has 0 aromatic heterocycles. The van der Waals surface area contributed by atoms with Crippen molar-refractivity contribution in [3.63, 3.8) is 0 Å². The van der Waals surface area contributed by atoms with Crippen LogP contribution in [0.5, 0.6) is 0 Å². The first kappa shape index (κ1) is 17.7. The van der Waals surface area contributed by atoms with Crippen LogP contribution < -0.4 is 10.6 Å². The summed E-state index contributed by atoms with van der Waals surface area (Å²) in [5.74, 6) is -1.03. The molecule has 2 aliphatic rings. The van der Waals surface area contributed by atoms with E-state index in [1.807, 2.05) is 48.5 Å². The molecule has 2 N–H and O–H groups in total. The number of carbonyl (C=O) groups excluding carboxylic acids is 2. The quantitative estimate of drug-likeness (QED) is 0.778. The number of ether oxygens (including phenoxy) is 1. The Morgan fingerprint density at radius 3 is 2.33 bits per heavy atom. The lowest BCUT2D eigenvalue weighted by Gasteiger charge is -2.47. The first-order valence-corrected chi connectivity index (χ1v) is 9.23. The highest BCUT2D eigenvalue weighted by molar-refractivity contribution is 6.35. The zero-order valence-electron chi connectivity index (χ0n) is 15.0. The highest BCUT2D eigenvalue weighted by atomic mass is 16.5. The Morgan fingerprint density at radius 2 is 1.63 bits per heavy atom. The normalized spacial score (nSPS) is 25.0. The van der Waals surface area contributed by atoms with Gasteiger partial charge in [-0.05, 0) is 11.1 Å². The summed E-state index contributed by atoms with van der Waals surface area (Å²) >= 11 is 0. The Bertz CT molecular complexity index is 797. The maximum Gasteiger partial charge on any atom is 0.312 e. The Hall–Kier alpha value is -2.70. The molecule has 2 amide bonds. The second-order valence-corrected chi connectivity index (χ2v) is 7.00. The number of nitrogens with zero attached hydrogens (tertiary/aromatic N) is 1. The van der Waals surface area contributed by atoms with E-state index in [9.17, 15) is 9.59 Å². The van der Waals surface area contributed by atoms with Crippen LogP contribution in [-0.2, 0) is 27.4 Å². The fourth-order valence-corrected chi connectivity index (χ4v) is 3.77. The van der Waals surface area contributed by atoms with Crippen molar-refractivity contribution >= 4 is 11.8 Å². The number of hydrogen-bond donors (Lipinski definition) is 2. The van der Waals surface area contributed by atoms with Crippen molar-refractivity contribution in [2.45, 2.75) is 31.2 Å². The minimum atomic E-state index is -0.541. The molecule has 2 aromatic rings. The van der Waals surface area contributed by atoms with Gasteiger partial charge in [-0.25, -0.2) is 0 Å². The van der Waals surface area contributed by atoms with Crippen molar-refractivity contribution < 1.29 is 14.3 Å². The van der Waals surface area contributed by atoms with Crippen LogP contribution in [0, 0.1) is 0 Å². The molecule has 2 fully saturated rings. The van der Waals surface area contributed by atoms with Crippen LogP contribution in [0.3, 0.4) is 0 Å². The van der Waals surface area contributed by atoms with Crippen molar-refractivity contribution in [1.82, 2.24) is 15.5 Å². The lowest BCUT2D eigenvalue weighted by molar-refractivity contribution is -0.158. The lowest BCUT2D eigenvalue weighted by atomic mass is 9.93. The summed E-state index contributed by atoms with van der Waals surface area (Å²) in [6, 6.07) is 19.4. The van der Waals surface area contributed by atoms with Gasteiger partial charge in [-0.2, -0.15) is 0 Å². The van der Waals surface area contributed by atoms with Gasteiger partial charge in [0.05, 0.1) is 31.3 Å². The predicted molar refractivity (Wildman–Crippen MR) is 101 cm³/mol. The molecule has 3 atom stereocenters. The number of piperazine rings is 1. The van der Waals surface area contributed by atoms with Crippen LogP contribution in [0.1, 0.15) is 11.1 Å². The maximum absolute atomic E-state index is 12.5. The average molecular weight is 365 g/mol. The van der Waals surface area contributed by atoms with E-state index in [1.165, 1.54) is 5.56 Å². The first-order valence-electron chi connectivity index (χ1n) is 9.23. The highest BCUT2D eigenvalue weighted by Gasteiger charge is 2.46. The van der Waals surface area contributed by atoms with Crippen LogP contribution in [0.25, 0.3) is 0 Å². The van der Waals surface area contributed by atoms with E-state index in [1.54, 1.807) is 4.90 Å². The van der Waals surface area contributed by atoms with E-state index in [0.717, 1.165) is 5.56 Å². The van der Waals surface area contributed by atoms with Gasteiger partial charge in [0.1, 0.15) is 0 Å². The molecule has 140 valence electrons. The first-order chi connectivity index (χ1) is 13.2. The SMILES string of the molecule is O=C1N[C@@H]2[C@@H](NCc3ccccc3)COC[C@H]2N(Cc2ccccc2)C1=O. The van der Waals surface area contributed by atoms with Gasteiger partial charge in [-0.15, -0.1) is 0 Å². The van der Waals surface area contributed by atoms with Crippen LogP contribution in [0.15, 0.2) is 60.7 Å². The van der Waals surface area contributed by atoms with E-state index in [4.69, 9.17) is 4.74 Å². The molecule has 0 bridgehead atoms. The number of rotatable bonds is 5. The molecule has 2 saturated heterocycles. The number of nitrogens with one attached hydrogen (secondary N) is 2. The molecule has 6 nitrogen and oxygen atoms in total. The van der Waals surface area contributed by atoms with Crippen molar-refractivity contribution in [2.75, 3.05) is 13.2 Å². The molecule has 0 saturated carbocycles. The average Bonchev–Trinajstić information content (AvgIpc) is 2.71. The Balaban J connectivity index is 1.50. The summed E-state index contributed by atoms with van der Waals surface area (Å²) in [4.78, 5) is 26.5. The van der Waals surface area contributed by atoms with Gasteiger partial charge in [-0.3, -0.25) is 9.59 Å². The molecule has 2 heterocycles. The van der Waals surface area contributed by atoms with E-state index in [2.05, 4.69) is 22.8 Å². The monoisotopic (exact) mass is 365 g/mol. The summed E-state index contributed by atoms with van der Waals surface area (Å²) in [7, 11) is 0. The van der Waals surface area contributed by atoms with Crippen LogP contribution in [0.4, 0.5) is 0 Å². The number of amides is 2. The van der Waals surface area contributed by atoms with E-state index < -0.39 is 11.8 Å². The number of carbonyl (C=O) groups is 2. The molecular weight excluding hydrogens is 342 g/mol. The minimum Gasteiger partial charge on any atom is -0.378 e. The molecule has 4 rings (SSSR count). The molecule has 2 aliphatic heterocycles. The maximum atomic E-state index is 12.5. The number of fused-ring (bicyclic) bond motifs is 1. The Morgan fingerprint density at radius 1 is 0.963 bits per heavy atom. The van der Waals surface area contributed by atoms with Gasteiger partial charge < -0.3 is 20.3 Å². The molecule has 0 unspecified atom stereocenters. The van der Waals surface area contributed by atoms with Gasteiger partial charge in [-0.1, -0.05) is 60.7 Å². The number of benzene rings is 2. The Labute approximate surface area is 158 Å². The predicted octanol–water partition coefficient (Wildman–Crippen LogP) is 1.07. The lowest BCUT2D eigenvalue weighted by Crippen LogP contribution is -2.72. The van der Waals surface area contributed by atoms with Crippen molar-refractivity contribution in [3.8, 4) is 0 Å². The zero-order valence-corrected chi connectivity index (χ0v) is 15.0. The fourth-order valence-electron chi connectivity index (χ4n) is 3.77. The van der Waals surface area contributed by atoms with E-state index in [0.29, 0.717) is 26.3 Å². The molecular formula is C21H23N3O3. The fraction of sp³-hybridized carbons (Fsp3) is 0.333. The summed E-state index contributed by atoms with van der Waals surface area (Å²) in [6.45, 7) is 2.01. The zero-order chi connectivity index (χ0) is 18.6. The number of hydrogen-bond acceptors (Lipinski definition) is 4. The van der Waals surface area contributed by atoms with Crippen molar-refractivity contribution in [1.29, 1.82) is 0 Å². The third-order valence-electron chi connectivity index (χ3n) is 5.19. The summed E-state index contributed by atoms with van der Waals surface area (Å²) in [6.07, 6.45) is 0. The topological polar surface area (TPSA) is 70.7 Å². The molecule has 2 aromatic carbocycles. The van der Waals surface area contributed by atoms with Crippen LogP contribution >= 0.6 is 0 Å². The van der Waals surface area contributed by atoms with Crippen LogP contribution in [0.2, 0.25) is 0 Å². The molecule has 6 heteroatoms. The van der Waals surface area contributed by atoms with Gasteiger partial charge in [0.2, 0.25) is 0 Å². The van der Waals surface area contributed by atoms with E-state index in [-0.39, 0.29) is 18.1 Å². The van der Waals surface area contributed by atoms with Gasteiger partial charge in [0, 0.05) is 13.1 Å². The largest absolute Gasteiger partial charge is 0.378 e. The third-order valence-corrected chi connectivity index (χ3v) is 5.19. The third kappa shape index (κ3) is 3.86. The van der Waals surface area contributed by atoms with Crippen molar-refractivity contribution in [3.05, 3.63) is 71.8 Å². The van der Waals surface area contributed by atoms with Crippen molar-refractivity contribution in [2.24, 2.45) is 0 Å². The summed E-state index contributed by atoms with van der Waals surface area (Å²) in [5.41, 5.74) is 2.16. The minimum absolute atomic E-state index is 0.0562. The smallest absolute Gasteiger partial charge is 0.312 e. The molecule has 0 aliphatic carbocycles. The summed E-state index contributed by atoms with van der Waals surface area (Å²) < 4.78 is 5.78. The summed E-state index contributed by atoms with van der Waals surface area (Å²) in [5, 5.41) is 6.38. The van der Waals surface area contributed by atoms with Gasteiger partial charge >= 0.3 is 11.8 Å². The van der Waals surface area contributed by atoms with Crippen LogP contribution in [-0.4, -0.2) is 48.1 Å². The van der Waals surface area contributed by atoms with Gasteiger partial charge in [0.25, 0.3) is 0 Å². The molecule has 27 heavy (non-hydrogen) atoms. The van der Waals surface area contributed by atoms with Gasteiger partial charge in [0.15, 0.2) is 0 Å².